The SMILES string of the molecule is CC1(C)C(=O)N(Cc2ccccc2)C1(C)C. The highest BCUT2D eigenvalue weighted by Crippen LogP contribution is 2.48. The van der Waals surface area contributed by atoms with E-state index in [-0.39, 0.29) is 16.9 Å². The number of likely N-dealkylation sites (tertiary alicyclic amines) is 1. The molecule has 0 unspecified atom stereocenters. The first kappa shape index (κ1) is 11.2. The minimum absolute atomic E-state index is 0.0556. The molecule has 0 N–H and O–H groups in total. The maximum Gasteiger partial charge on any atom is 0.231 e. The summed E-state index contributed by atoms with van der Waals surface area (Å²) in [5.74, 6) is 0.251. The highest BCUT2D eigenvalue weighted by molar-refractivity contribution is 5.90. The van der Waals surface area contributed by atoms with E-state index < -0.39 is 0 Å². The van der Waals surface area contributed by atoms with E-state index in [0.29, 0.717) is 0 Å². The van der Waals surface area contributed by atoms with Gasteiger partial charge in [-0.2, -0.15) is 0 Å². The smallest absolute Gasteiger partial charge is 0.231 e. The van der Waals surface area contributed by atoms with Crippen LogP contribution in [0.5, 0.6) is 0 Å². The third kappa shape index (κ3) is 1.36. The third-order valence-electron chi connectivity index (χ3n) is 4.17. The molecule has 1 heterocycles. The van der Waals surface area contributed by atoms with Crippen molar-refractivity contribution in [3.05, 3.63) is 35.9 Å². The van der Waals surface area contributed by atoms with Crippen LogP contribution in [-0.2, 0) is 11.3 Å². The van der Waals surface area contributed by atoms with Crippen LogP contribution in [0.25, 0.3) is 0 Å². The van der Waals surface area contributed by atoms with Gasteiger partial charge in [0, 0.05) is 6.54 Å². The second-order valence-corrected chi connectivity index (χ2v) is 5.56. The normalized spacial score (nSPS) is 21.8. The Bertz CT molecular complexity index is 406. The van der Waals surface area contributed by atoms with Gasteiger partial charge in [0.25, 0.3) is 0 Å². The van der Waals surface area contributed by atoms with E-state index in [0.717, 1.165) is 6.54 Å². The minimum atomic E-state index is -0.234. The Hall–Kier alpha value is -1.31. The van der Waals surface area contributed by atoms with Gasteiger partial charge in [0.1, 0.15) is 0 Å². The Morgan fingerprint density at radius 2 is 1.62 bits per heavy atom. The second-order valence-electron chi connectivity index (χ2n) is 5.56. The van der Waals surface area contributed by atoms with Gasteiger partial charge in [-0.25, -0.2) is 0 Å². The van der Waals surface area contributed by atoms with E-state index in [9.17, 15) is 4.79 Å². The van der Waals surface area contributed by atoms with Crippen molar-refractivity contribution in [3.63, 3.8) is 0 Å². The van der Waals surface area contributed by atoms with Crippen molar-refractivity contribution >= 4 is 5.91 Å². The van der Waals surface area contributed by atoms with Gasteiger partial charge in [0.15, 0.2) is 0 Å². The predicted octanol–water partition coefficient (Wildman–Crippen LogP) is 2.83. The van der Waals surface area contributed by atoms with Crippen LogP contribution in [0.3, 0.4) is 0 Å². The van der Waals surface area contributed by atoms with Gasteiger partial charge in [-0.3, -0.25) is 4.79 Å². The summed E-state index contributed by atoms with van der Waals surface area (Å²) in [5, 5.41) is 0. The van der Waals surface area contributed by atoms with E-state index >= 15 is 0 Å². The van der Waals surface area contributed by atoms with Gasteiger partial charge in [-0.15, -0.1) is 0 Å². The molecule has 1 fully saturated rings. The monoisotopic (exact) mass is 217 g/mol. The molecular formula is C14H19NO. The molecule has 0 aliphatic carbocycles. The van der Waals surface area contributed by atoms with E-state index in [1.807, 2.05) is 36.9 Å². The number of β-lactam (4-membered cyclic amide) rings is 1. The lowest BCUT2D eigenvalue weighted by Gasteiger charge is -2.60. The molecule has 1 aromatic carbocycles. The Kier molecular flexibility index (Phi) is 2.33. The minimum Gasteiger partial charge on any atom is -0.332 e. The number of nitrogens with zero attached hydrogens (tertiary/aromatic N) is 1. The van der Waals surface area contributed by atoms with Crippen LogP contribution >= 0.6 is 0 Å². The Morgan fingerprint density at radius 3 is 2.12 bits per heavy atom. The first-order valence-electron chi connectivity index (χ1n) is 5.73. The standard InChI is InChI=1S/C14H19NO/c1-13(2)12(16)15(14(13,3)4)10-11-8-6-5-7-9-11/h5-9H,10H2,1-4H3. The molecule has 0 radical (unpaired) electrons. The molecule has 1 aliphatic rings. The topological polar surface area (TPSA) is 20.3 Å². The van der Waals surface area contributed by atoms with Crippen LogP contribution in [0.15, 0.2) is 30.3 Å². The van der Waals surface area contributed by atoms with Gasteiger partial charge in [0.05, 0.1) is 11.0 Å². The Labute approximate surface area is 97.3 Å². The average molecular weight is 217 g/mol. The fraction of sp³-hybridized carbons (Fsp3) is 0.500. The number of hydrogen-bond donors (Lipinski definition) is 0. The first-order valence-corrected chi connectivity index (χ1v) is 5.73. The van der Waals surface area contributed by atoms with Crippen LogP contribution in [0.2, 0.25) is 0 Å². The van der Waals surface area contributed by atoms with Gasteiger partial charge < -0.3 is 4.90 Å². The fourth-order valence-corrected chi connectivity index (χ4v) is 2.17. The van der Waals surface area contributed by atoms with Crippen molar-refractivity contribution in [2.24, 2.45) is 5.41 Å². The highest BCUT2D eigenvalue weighted by Gasteiger charge is 2.59. The van der Waals surface area contributed by atoms with E-state index in [1.165, 1.54) is 5.56 Å². The summed E-state index contributed by atoms with van der Waals surface area (Å²) in [6, 6.07) is 10.1. The molecule has 86 valence electrons. The molecule has 0 aromatic heterocycles. The van der Waals surface area contributed by atoms with Gasteiger partial charge in [0.2, 0.25) is 5.91 Å². The summed E-state index contributed by atoms with van der Waals surface area (Å²) < 4.78 is 0. The van der Waals surface area contributed by atoms with Crippen molar-refractivity contribution in [3.8, 4) is 0 Å². The predicted molar refractivity (Wildman–Crippen MR) is 64.9 cm³/mol. The first-order chi connectivity index (χ1) is 7.37. The molecule has 2 heteroatoms. The lowest BCUT2D eigenvalue weighted by Crippen LogP contribution is -2.72. The molecule has 2 nitrogen and oxygen atoms in total. The molecule has 1 amide bonds. The van der Waals surface area contributed by atoms with E-state index in [4.69, 9.17) is 0 Å². The fourth-order valence-electron chi connectivity index (χ4n) is 2.17. The Morgan fingerprint density at radius 1 is 1.06 bits per heavy atom. The van der Waals surface area contributed by atoms with Gasteiger partial charge in [-0.05, 0) is 33.3 Å². The zero-order chi connectivity index (χ0) is 12.0. The molecular weight excluding hydrogens is 198 g/mol. The largest absolute Gasteiger partial charge is 0.332 e. The van der Waals surface area contributed by atoms with Crippen LogP contribution in [0.1, 0.15) is 33.3 Å². The zero-order valence-electron chi connectivity index (χ0n) is 10.4. The molecule has 1 aromatic rings. The molecule has 1 aliphatic heterocycles. The number of carbonyl (C=O) groups excluding carboxylic acids is 1. The zero-order valence-corrected chi connectivity index (χ0v) is 10.4. The average Bonchev–Trinajstić information content (AvgIpc) is 2.26. The van der Waals surface area contributed by atoms with Crippen molar-refractivity contribution in [1.82, 2.24) is 4.90 Å². The summed E-state index contributed by atoms with van der Waals surface area (Å²) >= 11 is 0. The molecule has 0 atom stereocenters. The maximum atomic E-state index is 12.0. The van der Waals surface area contributed by atoms with Crippen molar-refractivity contribution < 1.29 is 4.79 Å². The molecule has 0 spiro atoms. The quantitative estimate of drug-likeness (QED) is 0.698. The van der Waals surface area contributed by atoms with Crippen molar-refractivity contribution in [2.45, 2.75) is 39.8 Å². The number of amides is 1. The molecule has 16 heavy (non-hydrogen) atoms. The maximum absolute atomic E-state index is 12.0. The van der Waals surface area contributed by atoms with Gasteiger partial charge in [-0.1, -0.05) is 30.3 Å². The number of rotatable bonds is 2. The summed E-state index contributed by atoms with van der Waals surface area (Å²) in [6.07, 6.45) is 0. The summed E-state index contributed by atoms with van der Waals surface area (Å²) in [7, 11) is 0. The lowest BCUT2D eigenvalue weighted by molar-refractivity contribution is -0.184. The number of carbonyl (C=O) groups is 1. The summed E-state index contributed by atoms with van der Waals surface area (Å²) in [5.41, 5.74) is 0.904. The van der Waals surface area contributed by atoms with Crippen LogP contribution < -0.4 is 0 Å². The Balaban J connectivity index is 2.17. The molecule has 2 rings (SSSR count). The second kappa shape index (κ2) is 3.34. The molecule has 0 saturated carbocycles. The van der Waals surface area contributed by atoms with Crippen LogP contribution in [0.4, 0.5) is 0 Å². The van der Waals surface area contributed by atoms with Crippen LogP contribution in [-0.4, -0.2) is 16.3 Å². The van der Waals surface area contributed by atoms with Crippen molar-refractivity contribution in [2.75, 3.05) is 0 Å². The molecule has 1 saturated heterocycles. The van der Waals surface area contributed by atoms with Crippen molar-refractivity contribution in [1.29, 1.82) is 0 Å². The van der Waals surface area contributed by atoms with Gasteiger partial charge >= 0.3 is 0 Å². The number of hydrogen-bond acceptors (Lipinski definition) is 1. The lowest BCUT2D eigenvalue weighted by atomic mass is 9.64. The summed E-state index contributed by atoms with van der Waals surface area (Å²) in [6.45, 7) is 9.04. The highest BCUT2D eigenvalue weighted by atomic mass is 16.2. The number of benzene rings is 1. The van der Waals surface area contributed by atoms with E-state index in [1.54, 1.807) is 0 Å². The third-order valence-corrected chi connectivity index (χ3v) is 4.17. The van der Waals surface area contributed by atoms with Crippen LogP contribution in [0, 0.1) is 5.41 Å². The van der Waals surface area contributed by atoms with E-state index in [2.05, 4.69) is 26.0 Å². The molecule has 0 bridgehead atoms. The summed E-state index contributed by atoms with van der Waals surface area (Å²) in [4.78, 5) is 14.0.